The molecule has 1 rings (SSSR count). The molecule has 1 fully saturated rings. The molecule has 1 amide bonds. The summed E-state index contributed by atoms with van der Waals surface area (Å²) in [7, 11) is 0. The average Bonchev–Trinajstić information content (AvgIpc) is 1.98. The molecule has 3 N–H and O–H groups in total. The molecule has 0 aromatic rings. The van der Waals surface area contributed by atoms with Crippen LogP contribution in [0.3, 0.4) is 0 Å². The number of amides is 1. The van der Waals surface area contributed by atoms with Crippen LogP contribution in [0.25, 0.3) is 0 Å². The average molecular weight is 158 g/mol. The van der Waals surface area contributed by atoms with Crippen LogP contribution in [0, 0.1) is 5.92 Å². The number of rotatable bonds is 1. The van der Waals surface area contributed by atoms with E-state index in [2.05, 4.69) is 10.6 Å². The van der Waals surface area contributed by atoms with Crippen LogP contribution in [-0.4, -0.2) is 37.3 Å². The van der Waals surface area contributed by atoms with Crippen molar-refractivity contribution in [3.63, 3.8) is 0 Å². The molecule has 0 bridgehead atoms. The van der Waals surface area contributed by atoms with E-state index < -0.39 is 0 Å². The van der Waals surface area contributed by atoms with E-state index in [-0.39, 0.29) is 18.4 Å². The van der Waals surface area contributed by atoms with Gasteiger partial charge in [-0.1, -0.05) is 0 Å². The summed E-state index contributed by atoms with van der Waals surface area (Å²) >= 11 is 0. The SMILES string of the molecule is O=C1NCCNCCC1CO. The molecule has 1 aliphatic heterocycles. The molecule has 4 nitrogen and oxygen atoms in total. The predicted octanol–water partition coefficient (Wildman–Crippen LogP) is -1.30. The van der Waals surface area contributed by atoms with Crippen LogP contribution in [0.2, 0.25) is 0 Å². The van der Waals surface area contributed by atoms with Gasteiger partial charge in [0.25, 0.3) is 0 Å². The first-order chi connectivity index (χ1) is 5.34. The van der Waals surface area contributed by atoms with E-state index in [9.17, 15) is 4.79 Å². The summed E-state index contributed by atoms with van der Waals surface area (Å²) < 4.78 is 0. The number of hydrogen-bond acceptors (Lipinski definition) is 3. The third-order valence-corrected chi connectivity index (χ3v) is 1.86. The molecule has 4 heteroatoms. The van der Waals surface area contributed by atoms with Gasteiger partial charge in [0.1, 0.15) is 0 Å². The summed E-state index contributed by atoms with van der Waals surface area (Å²) in [6.07, 6.45) is 0.725. The summed E-state index contributed by atoms with van der Waals surface area (Å²) in [5.41, 5.74) is 0. The number of carbonyl (C=O) groups excluding carboxylic acids is 1. The topological polar surface area (TPSA) is 61.4 Å². The number of hydrogen-bond donors (Lipinski definition) is 3. The van der Waals surface area contributed by atoms with E-state index in [0.717, 1.165) is 19.5 Å². The molecule has 1 aliphatic rings. The minimum atomic E-state index is -0.220. The van der Waals surface area contributed by atoms with Crippen LogP contribution in [-0.2, 0) is 4.79 Å². The van der Waals surface area contributed by atoms with Crippen LogP contribution >= 0.6 is 0 Å². The Balaban J connectivity index is 2.39. The molecule has 0 saturated carbocycles. The van der Waals surface area contributed by atoms with E-state index in [1.165, 1.54) is 0 Å². The van der Waals surface area contributed by atoms with Crippen molar-refractivity contribution < 1.29 is 9.90 Å². The molecule has 0 radical (unpaired) electrons. The smallest absolute Gasteiger partial charge is 0.225 e. The Kier molecular flexibility index (Phi) is 3.32. The fourth-order valence-electron chi connectivity index (χ4n) is 1.13. The fraction of sp³-hybridized carbons (Fsp3) is 0.857. The van der Waals surface area contributed by atoms with Gasteiger partial charge in [-0.25, -0.2) is 0 Å². The lowest BCUT2D eigenvalue weighted by Gasteiger charge is -2.18. The Hall–Kier alpha value is -0.610. The van der Waals surface area contributed by atoms with Gasteiger partial charge in [-0.2, -0.15) is 0 Å². The first-order valence-corrected chi connectivity index (χ1v) is 3.94. The van der Waals surface area contributed by atoms with E-state index in [1.54, 1.807) is 0 Å². The van der Waals surface area contributed by atoms with Crippen molar-refractivity contribution in [3.8, 4) is 0 Å². The Morgan fingerprint density at radius 1 is 1.45 bits per heavy atom. The third kappa shape index (κ3) is 2.48. The Morgan fingerprint density at radius 2 is 2.27 bits per heavy atom. The van der Waals surface area contributed by atoms with Crippen molar-refractivity contribution in [3.05, 3.63) is 0 Å². The molecular weight excluding hydrogens is 144 g/mol. The summed E-state index contributed by atoms with van der Waals surface area (Å²) in [5, 5.41) is 14.7. The molecular formula is C7H14N2O2. The second-order valence-corrected chi connectivity index (χ2v) is 2.71. The van der Waals surface area contributed by atoms with Gasteiger partial charge in [0.2, 0.25) is 5.91 Å². The van der Waals surface area contributed by atoms with E-state index in [1.807, 2.05) is 0 Å². The van der Waals surface area contributed by atoms with Crippen molar-refractivity contribution in [2.24, 2.45) is 5.92 Å². The highest BCUT2D eigenvalue weighted by molar-refractivity contribution is 5.78. The van der Waals surface area contributed by atoms with Gasteiger partial charge in [0.05, 0.1) is 12.5 Å². The zero-order chi connectivity index (χ0) is 8.10. The van der Waals surface area contributed by atoms with Crippen molar-refractivity contribution in [2.45, 2.75) is 6.42 Å². The minimum Gasteiger partial charge on any atom is -0.396 e. The molecule has 0 aromatic heterocycles. The first kappa shape index (κ1) is 8.49. The lowest BCUT2D eigenvalue weighted by Crippen LogP contribution is -2.41. The third-order valence-electron chi connectivity index (χ3n) is 1.86. The second-order valence-electron chi connectivity index (χ2n) is 2.71. The molecule has 1 heterocycles. The lowest BCUT2D eigenvalue weighted by molar-refractivity contribution is -0.126. The zero-order valence-corrected chi connectivity index (χ0v) is 6.47. The monoisotopic (exact) mass is 158 g/mol. The van der Waals surface area contributed by atoms with Gasteiger partial charge in [0, 0.05) is 13.1 Å². The molecule has 1 atom stereocenters. The van der Waals surface area contributed by atoms with Crippen LogP contribution in [0.15, 0.2) is 0 Å². The number of aliphatic hydroxyl groups excluding tert-OH is 1. The van der Waals surface area contributed by atoms with Crippen LogP contribution in [0.5, 0.6) is 0 Å². The maximum absolute atomic E-state index is 11.1. The van der Waals surface area contributed by atoms with Crippen molar-refractivity contribution in [1.29, 1.82) is 0 Å². The predicted molar refractivity (Wildman–Crippen MR) is 41.1 cm³/mol. The highest BCUT2D eigenvalue weighted by Crippen LogP contribution is 2.01. The summed E-state index contributed by atoms with van der Waals surface area (Å²) in [6, 6.07) is 0. The Morgan fingerprint density at radius 3 is 3.00 bits per heavy atom. The highest BCUT2D eigenvalue weighted by atomic mass is 16.3. The molecule has 11 heavy (non-hydrogen) atoms. The maximum atomic E-state index is 11.1. The minimum absolute atomic E-state index is 0.0194. The van der Waals surface area contributed by atoms with Gasteiger partial charge >= 0.3 is 0 Å². The number of aliphatic hydroxyl groups is 1. The van der Waals surface area contributed by atoms with E-state index in [4.69, 9.17) is 5.11 Å². The fourth-order valence-corrected chi connectivity index (χ4v) is 1.13. The standard InChI is InChI=1S/C7H14N2O2/c10-5-6-1-2-8-3-4-9-7(6)11/h6,8,10H,1-5H2,(H,9,11). The van der Waals surface area contributed by atoms with Crippen LogP contribution < -0.4 is 10.6 Å². The van der Waals surface area contributed by atoms with Crippen molar-refractivity contribution >= 4 is 5.91 Å². The molecule has 1 unspecified atom stereocenters. The van der Waals surface area contributed by atoms with Gasteiger partial charge in [-0.3, -0.25) is 4.79 Å². The van der Waals surface area contributed by atoms with Gasteiger partial charge in [0.15, 0.2) is 0 Å². The van der Waals surface area contributed by atoms with E-state index >= 15 is 0 Å². The molecule has 0 aromatic carbocycles. The van der Waals surface area contributed by atoms with Crippen LogP contribution in [0.4, 0.5) is 0 Å². The van der Waals surface area contributed by atoms with Gasteiger partial charge in [-0.15, -0.1) is 0 Å². The lowest BCUT2D eigenvalue weighted by atomic mass is 10.1. The first-order valence-electron chi connectivity index (χ1n) is 3.94. The van der Waals surface area contributed by atoms with E-state index in [0.29, 0.717) is 6.54 Å². The summed E-state index contributed by atoms with van der Waals surface area (Å²) in [6.45, 7) is 2.26. The number of carbonyl (C=O) groups is 1. The molecule has 1 saturated heterocycles. The largest absolute Gasteiger partial charge is 0.396 e. The quantitative estimate of drug-likeness (QED) is 0.445. The Bertz CT molecular complexity index is 138. The molecule has 0 aliphatic carbocycles. The number of nitrogens with one attached hydrogen (secondary N) is 2. The van der Waals surface area contributed by atoms with Crippen molar-refractivity contribution in [1.82, 2.24) is 10.6 Å². The normalized spacial score (nSPS) is 27.0. The van der Waals surface area contributed by atoms with Gasteiger partial charge < -0.3 is 15.7 Å². The summed E-state index contributed by atoms with van der Waals surface area (Å²) in [4.78, 5) is 11.1. The second kappa shape index (κ2) is 4.31. The molecule has 0 spiro atoms. The zero-order valence-electron chi connectivity index (χ0n) is 6.47. The maximum Gasteiger partial charge on any atom is 0.225 e. The summed E-state index contributed by atoms with van der Waals surface area (Å²) in [5.74, 6) is -0.239. The van der Waals surface area contributed by atoms with Gasteiger partial charge in [-0.05, 0) is 13.0 Å². The highest BCUT2D eigenvalue weighted by Gasteiger charge is 2.17. The van der Waals surface area contributed by atoms with Crippen molar-refractivity contribution in [2.75, 3.05) is 26.2 Å². The Labute approximate surface area is 66.0 Å². The van der Waals surface area contributed by atoms with Crippen LogP contribution in [0.1, 0.15) is 6.42 Å². The molecule has 64 valence electrons.